The van der Waals surface area contributed by atoms with Crippen molar-refractivity contribution in [3.63, 3.8) is 0 Å². The Labute approximate surface area is 263 Å². The van der Waals surface area contributed by atoms with Crippen molar-refractivity contribution >= 4 is 17.8 Å². The molecule has 0 spiro atoms. The van der Waals surface area contributed by atoms with Crippen LogP contribution in [0.3, 0.4) is 0 Å². The maximum Gasteiger partial charge on any atom is 0.111 e. The molecule has 2 saturated carbocycles. The van der Waals surface area contributed by atoms with Crippen LogP contribution in [0.15, 0.2) is 52.2 Å². The number of aliphatic hydroxyl groups excluding tert-OH is 1. The van der Waals surface area contributed by atoms with E-state index in [1.54, 1.807) is 12.1 Å². The van der Waals surface area contributed by atoms with Crippen LogP contribution in [0.2, 0.25) is 0 Å². The van der Waals surface area contributed by atoms with E-state index >= 15 is 0 Å². The predicted molar refractivity (Wildman–Crippen MR) is 185 cm³/mol. The third-order valence-electron chi connectivity index (χ3n) is 11.6. The van der Waals surface area contributed by atoms with E-state index < -0.39 is 0 Å². The minimum absolute atomic E-state index is 0.124. The standard InChI is InChI=1S/C36H62N4OS/c1-10-13-33(39(9)42-38-29(6)24-28(5)25-37)32-17-18-34(8)30(7)40(26-35(12-3)20-21-35)23-22-36(32,34)19-16-31(41)15-14-27(4)11-2/h14-16,24,30,32-33,41H,4,10-13,17-23,25-26,37H2,1-3,5-9H3/b15-14-,28-24-,31-16+,38-29?. The van der Waals surface area contributed by atoms with Crippen LogP contribution in [0.1, 0.15) is 113 Å². The monoisotopic (exact) mass is 598 g/mol. The SMILES string of the molecule is C=C(/C=C\C(O)=C/CC12CCN(CC3(CC)CC3)C(C)C1(C)CCC2C(CCC)N(C)SN=C(C)/C=C(/C)CN)CC. The van der Waals surface area contributed by atoms with Crippen LogP contribution in [-0.2, 0) is 0 Å². The summed E-state index contributed by atoms with van der Waals surface area (Å²) in [4.78, 5) is 2.85. The fourth-order valence-corrected chi connectivity index (χ4v) is 8.86. The molecule has 6 heteroatoms. The van der Waals surface area contributed by atoms with Gasteiger partial charge < -0.3 is 10.8 Å². The molecule has 5 unspecified atom stereocenters. The lowest BCUT2D eigenvalue weighted by Crippen LogP contribution is -2.61. The molecule has 0 radical (unpaired) electrons. The topological polar surface area (TPSA) is 65.1 Å². The zero-order valence-electron chi connectivity index (χ0n) is 28.2. The van der Waals surface area contributed by atoms with E-state index in [9.17, 15) is 5.11 Å². The van der Waals surface area contributed by atoms with Crippen molar-refractivity contribution in [3.8, 4) is 0 Å². The van der Waals surface area contributed by atoms with Gasteiger partial charge in [-0.15, -0.1) is 0 Å². The molecule has 238 valence electrons. The molecular formula is C36H62N4OS. The molecule has 0 aromatic rings. The van der Waals surface area contributed by atoms with E-state index in [-0.39, 0.29) is 10.8 Å². The predicted octanol–water partition coefficient (Wildman–Crippen LogP) is 9.06. The van der Waals surface area contributed by atoms with Crippen molar-refractivity contribution in [3.05, 3.63) is 47.8 Å². The van der Waals surface area contributed by atoms with Crippen LogP contribution in [-0.4, -0.2) is 58.8 Å². The van der Waals surface area contributed by atoms with E-state index in [0.717, 1.165) is 49.1 Å². The molecule has 1 saturated heterocycles. The second-order valence-corrected chi connectivity index (χ2v) is 15.0. The number of rotatable bonds is 16. The highest BCUT2D eigenvalue weighted by atomic mass is 32.2. The Bertz CT molecular complexity index is 1040. The minimum Gasteiger partial charge on any atom is -0.508 e. The summed E-state index contributed by atoms with van der Waals surface area (Å²) in [5, 5.41) is 11.0. The Hall–Kier alpha value is -1.34. The average molecular weight is 599 g/mol. The van der Waals surface area contributed by atoms with Gasteiger partial charge in [0.25, 0.3) is 0 Å². The van der Waals surface area contributed by atoms with E-state index in [2.05, 4.69) is 83.4 Å². The second-order valence-electron chi connectivity index (χ2n) is 14.1. The van der Waals surface area contributed by atoms with Crippen molar-refractivity contribution in [1.82, 2.24) is 9.21 Å². The summed E-state index contributed by atoms with van der Waals surface area (Å²) in [6.07, 6.45) is 19.9. The Morgan fingerprint density at radius 3 is 2.50 bits per heavy atom. The highest BCUT2D eigenvalue weighted by Gasteiger charge is 2.64. The molecule has 42 heavy (non-hydrogen) atoms. The van der Waals surface area contributed by atoms with Crippen molar-refractivity contribution < 1.29 is 5.11 Å². The van der Waals surface area contributed by atoms with Gasteiger partial charge in [0.05, 0.1) is 12.1 Å². The fraction of sp³-hybridized carbons (Fsp3) is 0.750. The maximum atomic E-state index is 11.0. The quantitative estimate of drug-likeness (QED) is 0.0803. The van der Waals surface area contributed by atoms with Gasteiger partial charge in [-0.25, -0.2) is 8.70 Å². The molecule has 3 N–H and O–H groups in total. The summed E-state index contributed by atoms with van der Waals surface area (Å²) in [5.41, 5.74) is 9.88. The largest absolute Gasteiger partial charge is 0.508 e. The molecule has 0 amide bonds. The Morgan fingerprint density at radius 1 is 1.19 bits per heavy atom. The highest BCUT2D eigenvalue weighted by molar-refractivity contribution is 7.95. The first-order valence-corrected chi connectivity index (χ1v) is 17.4. The van der Waals surface area contributed by atoms with Gasteiger partial charge in [-0.05, 0) is 133 Å². The normalized spacial score (nSPS) is 31.1. The zero-order valence-corrected chi connectivity index (χ0v) is 29.0. The van der Waals surface area contributed by atoms with Crippen LogP contribution < -0.4 is 5.73 Å². The number of fused-ring (bicyclic) bond motifs is 1. The van der Waals surface area contributed by atoms with E-state index in [1.807, 2.05) is 12.2 Å². The molecule has 1 heterocycles. The Morgan fingerprint density at radius 2 is 1.90 bits per heavy atom. The summed E-state index contributed by atoms with van der Waals surface area (Å²) in [6, 6.07) is 0.948. The van der Waals surface area contributed by atoms with Gasteiger partial charge in [-0.3, -0.25) is 4.90 Å². The number of nitrogens with zero attached hydrogens (tertiary/aromatic N) is 3. The minimum atomic E-state index is 0.124. The van der Waals surface area contributed by atoms with Gasteiger partial charge in [-0.1, -0.05) is 57.9 Å². The first-order valence-electron chi connectivity index (χ1n) is 16.7. The number of aliphatic hydroxyl groups is 1. The van der Waals surface area contributed by atoms with Gasteiger partial charge in [0.1, 0.15) is 5.76 Å². The van der Waals surface area contributed by atoms with Crippen molar-refractivity contribution in [1.29, 1.82) is 0 Å². The summed E-state index contributed by atoms with van der Waals surface area (Å²) in [7, 11) is 2.24. The van der Waals surface area contributed by atoms with Crippen LogP contribution in [0.25, 0.3) is 0 Å². The number of hydrogen-bond donors (Lipinski definition) is 2. The molecule has 3 rings (SSSR count). The van der Waals surface area contributed by atoms with E-state index in [4.69, 9.17) is 10.1 Å². The van der Waals surface area contributed by atoms with Crippen LogP contribution in [0.4, 0.5) is 0 Å². The smallest absolute Gasteiger partial charge is 0.111 e. The van der Waals surface area contributed by atoms with Gasteiger partial charge in [0.2, 0.25) is 0 Å². The van der Waals surface area contributed by atoms with E-state index in [1.165, 1.54) is 45.1 Å². The molecule has 3 fully saturated rings. The summed E-state index contributed by atoms with van der Waals surface area (Å²) in [5.74, 6) is 0.920. The number of piperidine rings is 1. The second kappa shape index (κ2) is 15.1. The first-order chi connectivity index (χ1) is 19.9. The molecule has 3 aliphatic rings. The number of nitrogens with two attached hydrogens (primary N) is 1. The molecule has 0 aromatic heterocycles. The molecule has 2 aliphatic carbocycles. The third-order valence-corrected chi connectivity index (χ3v) is 12.5. The molecule has 5 nitrogen and oxygen atoms in total. The van der Waals surface area contributed by atoms with Crippen molar-refractivity contribution in [2.75, 3.05) is 26.7 Å². The Balaban J connectivity index is 1.96. The van der Waals surface area contributed by atoms with Crippen molar-refractivity contribution in [2.45, 2.75) is 125 Å². The number of likely N-dealkylation sites (tertiary alicyclic amines) is 1. The van der Waals surface area contributed by atoms with Gasteiger partial charge >= 0.3 is 0 Å². The highest BCUT2D eigenvalue weighted by Crippen LogP contribution is 2.67. The molecule has 0 aromatic carbocycles. The molecule has 0 bridgehead atoms. The van der Waals surface area contributed by atoms with Crippen molar-refractivity contribution in [2.24, 2.45) is 32.3 Å². The molecule has 1 aliphatic heterocycles. The Kier molecular flexibility index (Phi) is 12.6. The molecule has 5 atom stereocenters. The van der Waals surface area contributed by atoms with Gasteiger partial charge in [0.15, 0.2) is 0 Å². The lowest BCUT2D eigenvalue weighted by Gasteiger charge is -2.59. The summed E-state index contributed by atoms with van der Waals surface area (Å²) >= 11 is 1.61. The lowest BCUT2D eigenvalue weighted by molar-refractivity contribution is -0.0968. The first kappa shape index (κ1) is 35.1. The van der Waals surface area contributed by atoms with Crippen LogP contribution in [0, 0.1) is 22.2 Å². The van der Waals surface area contributed by atoms with Gasteiger partial charge in [0, 0.05) is 30.9 Å². The third kappa shape index (κ3) is 7.83. The summed E-state index contributed by atoms with van der Waals surface area (Å²) in [6.45, 7) is 23.1. The van der Waals surface area contributed by atoms with Gasteiger partial charge in [-0.2, -0.15) is 0 Å². The summed E-state index contributed by atoms with van der Waals surface area (Å²) < 4.78 is 7.33. The number of hydrogen-bond acceptors (Lipinski definition) is 6. The number of allylic oxidation sites excluding steroid dienone is 5. The van der Waals surface area contributed by atoms with E-state index in [0.29, 0.717) is 35.7 Å². The van der Waals surface area contributed by atoms with Crippen LogP contribution in [0.5, 0.6) is 0 Å². The van der Waals surface area contributed by atoms with Crippen LogP contribution >= 0.6 is 12.1 Å². The molecular weight excluding hydrogens is 536 g/mol. The average Bonchev–Trinajstić information content (AvgIpc) is 3.69. The lowest BCUT2D eigenvalue weighted by atomic mass is 9.53. The maximum absolute atomic E-state index is 11.0. The zero-order chi connectivity index (χ0) is 31.1. The fourth-order valence-electron chi connectivity index (χ4n) is 8.17.